The van der Waals surface area contributed by atoms with E-state index in [9.17, 15) is 4.39 Å². The molecule has 22 heavy (non-hydrogen) atoms. The van der Waals surface area contributed by atoms with Crippen molar-refractivity contribution in [1.82, 2.24) is 5.32 Å². The van der Waals surface area contributed by atoms with Gasteiger partial charge in [0.1, 0.15) is 5.82 Å². The molecule has 0 saturated carbocycles. The van der Waals surface area contributed by atoms with Crippen LogP contribution in [0.2, 0.25) is 0 Å². The van der Waals surface area contributed by atoms with Crippen molar-refractivity contribution in [3.05, 3.63) is 29.1 Å². The maximum absolute atomic E-state index is 14.5. The SMILES string of the molecule is CCCNCc1cc2c(cc1F)N(CCC)C(C)(C)C[C@H]2C. The Labute approximate surface area is 135 Å². The van der Waals surface area contributed by atoms with E-state index in [-0.39, 0.29) is 11.4 Å². The minimum absolute atomic E-state index is 0.0756. The van der Waals surface area contributed by atoms with Gasteiger partial charge in [0.05, 0.1) is 0 Å². The maximum Gasteiger partial charge on any atom is 0.129 e. The van der Waals surface area contributed by atoms with E-state index in [1.165, 1.54) is 5.56 Å². The van der Waals surface area contributed by atoms with Gasteiger partial charge in [0.25, 0.3) is 0 Å². The van der Waals surface area contributed by atoms with E-state index in [4.69, 9.17) is 0 Å². The fraction of sp³-hybridized carbons (Fsp3) is 0.684. The molecule has 1 N–H and O–H groups in total. The molecule has 2 rings (SSSR count). The minimum Gasteiger partial charge on any atom is -0.366 e. The zero-order chi connectivity index (χ0) is 16.3. The van der Waals surface area contributed by atoms with Crippen LogP contribution in [0, 0.1) is 5.82 Å². The normalized spacial score (nSPS) is 20.1. The fourth-order valence-electron chi connectivity index (χ4n) is 3.73. The van der Waals surface area contributed by atoms with Crippen LogP contribution in [-0.2, 0) is 6.54 Å². The van der Waals surface area contributed by atoms with Gasteiger partial charge >= 0.3 is 0 Å². The van der Waals surface area contributed by atoms with Gasteiger partial charge in [-0.1, -0.05) is 20.8 Å². The van der Waals surface area contributed by atoms with Crippen molar-refractivity contribution in [3.63, 3.8) is 0 Å². The summed E-state index contributed by atoms with van der Waals surface area (Å²) >= 11 is 0. The summed E-state index contributed by atoms with van der Waals surface area (Å²) in [5.74, 6) is 0.400. The lowest BCUT2D eigenvalue weighted by atomic mass is 9.79. The Morgan fingerprint density at radius 1 is 1.27 bits per heavy atom. The number of benzene rings is 1. The average molecular weight is 306 g/mol. The van der Waals surface area contributed by atoms with Crippen LogP contribution in [0.5, 0.6) is 0 Å². The lowest BCUT2D eigenvalue weighted by molar-refractivity contribution is 0.374. The summed E-state index contributed by atoms with van der Waals surface area (Å²) in [6.07, 6.45) is 3.27. The second kappa shape index (κ2) is 6.99. The Bertz CT molecular complexity index is 510. The molecular formula is C19H31FN2. The molecule has 0 amide bonds. The molecule has 3 heteroatoms. The fourth-order valence-corrected chi connectivity index (χ4v) is 3.73. The first-order chi connectivity index (χ1) is 10.4. The number of halogens is 1. The molecule has 1 heterocycles. The highest BCUT2D eigenvalue weighted by molar-refractivity contribution is 5.61. The first kappa shape index (κ1) is 17.3. The number of hydrogen-bond donors (Lipinski definition) is 1. The number of fused-ring (bicyclic) bond motifs is 1. The molecule has 2 nitrogen and oxygen atoms in total. The van der Waals surface area contributed by atoms with Crippen molar-refractivity contribution in [2.75, 3.05) is 18.0 Å². The average Bonchev–Trinajstić information content (AvgIpc) is 2.44. The number of rotatable bonds is 6. The van der Waals surface area contributed by atoms with Gasteiger partial charge in [0.2, 0.25) is 0 Å². The minimum atomic E-state index is -0.0756. The van der Waals surface area contributed by atoms with Crippen LogP contribution in [0.3, 0.4) is 0 Å². The standard InChI is InChI=1S/C19H31FN2/c1-6-8-21-13-15-10-16-14(3)12-19(4,5)22(9-7-2)18(16)11-17(15)20/h10-11,14,21H,6-9,12-13H2,1-5H3/t14-/m1/s1. The van der Waals surface area contributed by atoms with Crippen LogP contribution in [0.1, 0.15) is 70.9 Å². The lowest BCUT2D eigenvalue weighted by Gasteiger charge is -2.47. The highest BCUT2D eigenvalue weighted by atomic mass is 19.1. The third-order valence-electron chi connectivity index (χ3n) is 4.74. The summed E-state index contributed by atoms with van der Waals surface area (Å²) in [6.45, 7) is 13.7. The van der Waals surface area contributed by atoms with Crippen LogP contribution < -0.4 is 10.2 Å². The summed E-state index contributed by atoms with van der Waals surface area (Å²) in [5, 5.41) is 3.31. The van der Waals surface area contributed by atoms with E-state index >= 15 is 0 Å². The molecule has 1 aromatic rings. The van der Waals surface area contributed by atoms with Gasteiger partial charge in [0.15, 0.2) is 0 Å². The summed E-state index contributed by atoms with van der Waals surface area (Å²) in [6, 6.07) is 3.86. The van der Waals surface area contributed by atoms with Crippen molar-refractivity contribution < 1.29 is 4.39 Å². The van der Waals surface area contributed by atoms with E-state index in [1.807, 2.05) is 0 Å². The molecule has 0 bridgehead atoms. The van der Waals surface area contributed by atoms with E-state index in [2.05, 4.69) is 50.9 Å². The van der Waals surface area contributed by atoms with Gasteiger partial charge < -0.3 is 10.2 Å². The van der Waals surface area contributed by atoms with Crippen LogP contribution in [-0.4, -0.2) is 18.6 Å². The predicted octanol–water partition coefficient (Wildman–Crippen LogP) is 4.83. The second-order valence-corrected chi connectivity index (χ2v) is 7.25. The Morgan fingerprint density at radius 3 is 2.64 bits per heavy atom. The molecule has 124 valence electrons. The molecule has 1 aliphatic rings. The highest BCUT2D eigenvalue weighted by Gasteiger charge is 2.36. The topological polar surface area (TPSA) is 15.3 Å². The monoisotopic (exact) mass is 306 g/mol. The third-order valence-corrected chi connectivity index (χ3v) is 4.74. The van der Waals surface area contributed by atoms with Crippen LogP contribution in [0.4, 0.5) is 10.1 Å². The maximum atomic E-state index is 14.5. The van der Waals surface area contributed by atoms with Gasteiger partial charge in [0, 0.05) is 29.9 Å². The quantitative estimate of drug-likeness (QED) is 0.757. The van der Waals surface area contributed by atoms with Crippen molar-refractivity contribution >= 4 is 5.69 Å². The molecule has 1 atom stereocenters. The van der Waals surface area contributed by atoms with Gasteiger partial charge in [-0.2, -0.15) is 0 Å². The molecule has 0 unspecified atom stereocenters. The molecular weight excluding hydrogens is 275 g/mol. The van der Waals surface area contributed by atoms with Gasteiger partial charge in [-0.05, 0) is 63.3 Å². The van der Waals surface area contributed by atoms with Gasteiger partial charge in [-0.3, -0.25) is 0 Å². The molecule has 0 aliphatic carbocycles. The number of nitrogens with one attached hydrogen (secondary N) is 1. The van der Waals surface area contributed by atoms with Crippen molar-refractivity contribution in [3.8, 4) is 0 Å². The predicted molar refractivity (Wildman–Crippen MR) is 93.1 cm³/mol. The van der Waals surface area contributed by atoms with Crippen molar-refractivity contribution in [2.24, 2.45) is 0 Å². The molecule has 0 spiro atoms. The lowest BCUT2D eigenvalue weighted by Crippen LogP contribution is -2.48. The van der Waals surface area contributed by atoms with Crippen molar-refractivity contribution in [2.45, 2.75) is 71.9 Å². The Kier molecular flexibility index (Phi) is 5.49. The zero-order valence-electron chi connectivity index (χ0n) is 14.8. The number of hydrogen-bond acceptors (Lipinski definition) is 2. The van der Waals surface area contributed by atoms with Crippen LogP contribution >= 0.6 is 0 Å². The zero-order valence-corrected chi connectivity index (χ0v) is 14.8. The van der Waals surface area contributed by atoms with Crippen LogP contribution in [0.15, 0.2) is 12.1 Å². The number of nitrogens with zero attached hydrogens (tertiary/aromatic N) is 1. The molecule has 0 saturated heterocycles. The summed E-state index contributed by atoms with van der Waals surface area (Å²) in [4.78, 5) is 2.40. The largest absolute Gasteiger partial charge is 0.366 e. The van der Waals surface area contributed by atoms with E-state index < -0.39 is 0 Å². The summed E-state index contributed by atoms with van der Waals surface area (Å²) in [7, 11) is 0. The van der Waals surface area contributed by atoms with E-state index in [0.717, 1.165) is 43.6 Å². The van der Waals surface area contributed by atoms with Crippen LogP contribution in [0.25, 0.3) is 0 Å². The Morgan fingerprint density at radius 2 is 2.00 bits per heavy atom. The molecule has 0 fully saturated rings. The second-order valence-electron chi connectivity index (χ2n) is 7.25. The highest BCUT2D eigenvalue weighted by Crippen LogP contribution is 2.44. The molecule has 1 aromatic carbocycles. The summed E-state index contributed by atoms with van der Waals surface area (Å²) in [5.41, 5.74) is 3.30. The van der Waals surface area contributed by atoms with E-state index in [1.54, 1.807) is 6.07 Å². The van der Waals surface area contributed by atoms with Gasteiger partial charge in [-0.25, -0.2) is 4.39 Å². The summed E-state index contributed by atoms with van der Waals surface area (Å²) < 4.78 is 14.5. The molecule has 0 radical (unpaired) electrons. The third kappa shape index (κ3) is 3.45. The Balaban J connectivity index is 2.37. The molecule has 1 aliphatic heterocycles. The smallest absolute Gasteiger partial charge is 0.129 e. The molecule has 0 aromatic heterocycles. The first-order valence-corrected chi connectivity index (χ1v) is 8.71. The number of anilines is 1. The first-order valence-electron chi connectivity index (χ1n) is 8.71. The Hall–Kier alpha value is -1.09. The van der Waals surface area contributed by atoms with Crippen molar-refractivity contribution in [1.29, 1.82) is 0 Å². The van der Waals surface area contributed by atoms with Gasteiger partial charge in [-0.15, -0.1) is 0 Å². The van der Waals surface area contributed by atoms with E-state index in [0.29, 0.717) is 12.5 Å².